The van der Waals surface area contributed by atoms with Crippen molar-refractivity contribution in [2.45, 2.75) is 38.0 Å². The minimum Gasteiger partial charge on any atom is -0.595 e. The van der Waals surface area contributed by atoms with Gasteiger partial charge in [0.2, 0.25) is 11.8 Å². The van der Waals surface area contributed by atoms with E-state index in [4.69, 9.17) is 0 Å². The molecule has 2 bridgehead atoms. The van der Waals surface area contributed by atoms with Crippen LogP contribution in [0.4, 0.5) is 11.4 Å². The van der Waals surface area contributed by atoms with Gasteiger partial charge in [-0.05, 0) is 39.3 Å². The lowest BCUT2D eigenvalue weighted by Gasteiger charge is -2.46. The highest BCUT2D eigenvalue weighted by atomic mass is 16.8. The average molecular weight is 455 g/mol. The van der Waals surface area contributed by atoms with Crippen molar-refractivity contribution in [3.8, 4) is 0 Å². The Morgan fingerprint density at radius 2 is 1.32 bits per heavy atom. The van der Waals surface area contributed by atoms with Crippen LogP contribution in [-0.2, 0) is 15.0 Å². The molecule has 172 valence electrons. The monoisotopic (exact) mass is 454 g/mol. The van der Waals surface area contributed by atoms with Crippen LogP contribution in [0.5, 0.6) is 0 Å². The quantitative estimate of drug-likeness (QED) is 0.456. The van der Waals surface area contributed by atoms with Gasteiger partial charge < -0.3 is 5.21 Å². The molecule has 0 saturated carbocycles. The molecule has 4 aliphatic rings. The van der Waals surface area contributed by atoms with Crippen LogP contribution in [0, 0.1) is 17.0 Å². The third kappa shape index (κ3) is 2.73. The zero-order chi connectivity index (χ0) is 23.9. The number of anilines is 1. The van der Waals surface area contributed by atoms with Gasteiger partial charge in [-0.2, -0.15) is 5.23 Å². The van der Waals surface area contributed by atoms with E-state index in [0.717, 1.165) is 27.2 Å². The van der Waals surface area contributed by atoms with Crippen LogP contribution in [0.2, 0.25) is 0 Å². The molecule has 1 fully saturated rings. The molecule has 1 unspecified atom stereocenters. The summed E-state index contributed by atoms with van der Waals surface area (Å²) in [6.45, 7) is 6.50. The Morgan fingerprint density at radius 3 is 1.91 bits per heavy atom. The molecule has 5 atom stereocenters. The van der Waals surface area contributed by atoms with Gasteiger partial charge in [0.15, 0.2) is 5.69 Å². The number of rotatable bonds is 2. The molecule has 2 amide bonds. The summed E-state index contributed by atoms with van der Waals surface area (Å²) in [6, 6.07) is 20.8. The van der Waals surface area contributed by atoms with E-state index in [1.807, 2.05) is 12.1 Å². The molecule has 3 aromatic rings. The van der Waals surface area contributed by atoms with Crippen molar-refractivity contribution in [3.05, 3.63) is 99.8 Å². The molecular weight excluding hydrogens is 428 g/mol. The standard InChI is InChI=1S/C28H26N2O4/c1-28(2,3)15-12-13-18-19(14-15)23-17-9-5-4-8-16(17)22(18)24-25(23)27(32)29(26(24)31)20-10-6-7-11-21(20)30(33)34/h4-14,22-25,30,33H,1-3H3/t22-,23-,24-,25+/m0/s1. The van der Waals surface area contributed by atoms with Gasteiger partial charge in [0.1, 0.15) is 5.69 Å². The Balaban J connectivity index is 1.56. The van der Waals surface area contributed by atoms with E-state index < -0.39 is 17.1 Å². The molecule has 1 saturated heterocycles. The van der Waals surface area contributed by atoms with Gasteiger partial charge in [0.25, 0.3) is 0 Å². The number of carbonyl (C=O) groups is 2. The van der Waals surface area contributed by atoms with E-state index in [1.165, 1.54) is 11.6 Å². The molecule has 6 nitrogen and oxygen atoms in total. The highest BCUT2D eigenvalue weighted by molar-refractivity contribution is 6.24. The maximum absolute atomic E-state index is 13.9. The molecule has 0 radical (unpaired) electrons. The van der Waals surface area contributed by atoms with E-state index >= 15 is 0 Å². The van der Waals surface area contributed by atoms with Crippen LogP contribution in [0.3, 0.4) is 0 Å². The van der Waals surface area contributed by atoms with Gasteiger partial charge in [-0.15, -0.1) is 0 Å². The number of amides is 2. The fourth-order valence-corrected chi connectivity index (χ4v) is 6.28. The van der Waals surface area contributed by atoms with Crippen molar-refractivity contribution in [2.24, 2.45) is 11.8 Å². The van der Waals surface area contributed by atoms with Crippen LogP contribution in [0.25, 0.3) is 0 Å². The summed E-state index contributed by atoms with van der Waals surface area (Å²) in [7, 11) is 0. The highest BCUT2D eigenvalue weighted by Crippen LogP contribution is 2.61. The molecule has 2 N–H and O–H groups in total. The third-order valence-corrected chi connectivity index (χ3v) is 7.78. The molecule has 0 aromatic heterocycles. The normalized spacial score (nSPS) is 25.7. The molecule has 7 rings (SSSR count). The second kappa shape index (κ2) is 7.09. The van der Waals surface area contributed by atoms with Crippen LogP contribution in [0.15, 0.2) is 66.7 Å². The lowest BCUT2D eigenvalue weighted by atomic mass is 9.54. The molecule has 0 spiro atoms. The lowest BCUT2D eigenvalue weighted by molar-refractivity contribution is -0.990. The number of para-hydroxylation sites is 2. The lowest BCUT2D eigenvalue weighted by Crippen LogP contribution is -2.99. The van der Waals surface area contributed by atoms with E-state index in [1.54, 1.807) is 18.2 Å². The summed E-state index contributed by atoms with van der Waals surface area (Å²) in [5.41, 5.74) is 5.67. The minimum absolute atomic E-state index is 0.0414. The van der Waals surface area contributed by atoms with Crippen molar-refractivity contribution in [2.75, 3.05) is 4.90 Å². The van der Waals surface area contributed by atoms with Crippen molar-refractivity contribution in [3.63, 3.8) is 0 Å². The number of imide groups is 1. The zero-order valence-electron chi connectivity index (χ0n) is 19.3. The van der Waals surface area contributed by atoms with Gasteiger partial charge >= 0.3 is 0 Å². The highest BCUT2D eigenvalue weighted by Gasteiger charge is 2.62. The average Bonchev–Trinajstić information content (AvgIpc) is 3.08. The zero-order valence-corrected chi connectivity index (χ0v) is 19.3. The summed E-state index contributed by atoms with van der Waals surface area (Å²) in [4.78, 5) is 28.9. The number of quaternary nitrogens is 1. The van der Waals surface area contributed by atoms with Crippen LogP contribution >= 0.6 is 0 Å². The van der Waals surface area contributed by atoms with E-state index in [2.05, 4.69) is 51.1 Å². The molecule has 3 aromatic carbocycles. The maximum atomic E-state index is 13.9. The Bertz CT molecular complexity index is 1360. The Labute approximate surface area is 198 Å². The van der Waals surface area contributed by atoms with Gasteiger partial charge in [0.05, 0.1) is 11.8 Å². The van der Waals surface area contributed by atoms with E-state index in [0.29, 0.717) is 0 Å². The molecule has 6 heteroatoms. The molecule has 1 aliphatic heterocycles. The second-order valence-electron chi connectivity index (χ2n) is 10.6. The summed E-state index contributed by atoms with van der Waals surface area (Å²) < 4.78 is 0. The number of carbonyl (C=O) groups excluding carboxylic acids is 2. The van der Waals surface area contributed by atoms with Crippen molar-refractivity contribution >= 4 is 23.2 Å². The van der Waals surface area contributed by atoms with Crippen LogP contribution < -0.4 is 10.1 Å². The summed E-state index contributed by atoms with van der Waals surface area (Å²) >= 11 is 0. The fraction of sp³-hybridized carbons (Fsp3) is 0.286. The van der Waals surface area contributed by atoms with Crippen molar-refractivity contribution in [1.82, 2.24) is 0 Å². The third-order valence-electron chi connectivity index (χ3n) is 7.78. The number of hydrogen-bond acceptors (Lipinski definition) is 4. The van der Waals surface area contributed by atoms with Gasteiger partial charge in [-0.25, -0.2) is 10.1 Å². The van der Waals surface area contributed by atoms with Crippen molar-refractivity contribution in [1.29, 1.82) is 0 Å². The Kier molecular flexibility index (Phi) is 4.43. The predicted molar refractivity (Wildman–Crippen MR) is 127 cm³/mol. The second-order valence-corrected chi connectivity index (χ2v) is 10.6. The molecule has 1 heterocycles. The van der Waals surface area contributed by atoms with Crippen LogP contribution in [-0.4, -0.2) is 17.0 Å². The first kappa shape index (κ1) is 21.2. The summed E-state index contributed by atoms with van der Waals surface area (Å²) in [5, 5.41) is 20.4. The first-order valence-corrected chi connectivity index (χ1v) is 11.6. The number of nitrogens with one attached hydrogen (secondary N) is 1. The Morgan fingerprint density at radius 1 is 0.794 bits per heavy atom. The smallest absolute Gasteiger partial charge is 0.238 e. The number of nitrogens with zero attached hydrogens (tertiary/aromatic N) is 1. The maximum Gasteiger partial charge on any atom is 0.238 e. The predicted octanol–water partition coefficient (Wildman–Crippen LogP) is 3.78. The van der Waals surface area contributed by atoms with Gasteiger partial charge in [-0.3, -0.25) is 9.59 Å². The van der Waals surface area contributed by atoms with Gasteiger partial charge in [0, 0.05) is 17.9 Å². The number of benzene rings is 3. The number of hydrogen-bond donors (Lipinski definition) is 2. The topological polar surface area (TPSA) is 85.1 Å². The summed E-state index contributed by atoms with van der Waals surface area (Å²) in [5.74, 6) is -2.16. The Hall–Kier alpha value is -3.32. The molecule has 3 aliphatic carbocycles. The SMILES string of the molecule is CC(C)(C)c1ccc2c(c1)[C@@H]1c3ccccc3[C@@H]2[C@@H]2C(=O)N(c3ccccc3[NH+]([O-])O)C(=O)[C@H]12. The van der Waals surface area contributed by atoms with E-state index in [-0.39, 0.29) is 40.4 Å². The first-order valence-electron chi connectivity index (χ1n) is 11.6. The largest absolute Gasteiger partial charge is 0.595 e. The summed E-state index contributed by atoms with van der Waals surface area (Å²) in [6.07, 6.45) is 0. The van der Waals surface area contributed by atoms with Crippen molar-refractivity contribution < 1.29 is 20.0 Å². The van der Waals surface area contributed by atoms with E-state index in [9.17, 15) is 20.0 Å². The van der Waals surface area contributed by atoms with Gasteiger partial charge in [-0.1, -0.05) is 75.4 Å². The first-order chi connectivity index (χ1) is 16.2. The minimum atomic E-state index is -1.16. The van der Waals surface area contributed by atoms with Crippen LogP contribution in [0.1, 0.15) is 60.4 Å². The molecule has 34 heavy (non-hydrogen) atoms. The fourth-order valence-electron chi connectivity index (χ4n) is 6.28. The molecular formula is C28H26N2O4.